The summed E-state index contributed by atoms with van der Waals surface area (Å²) in [4.78, 5) is 9.64. The van der Waals surface area contributed by atoms with Crippen LogP contribution >= 0.6 is 0 Å². The van der Waals surface area contributed by atoms with Crippen LogP contribution in [0.4, 0.5) is 0 Å². The number of allylic oxidation sites excluding steroid dienone is 3. The predicted molar refractivity (Wildman–Crippen MR) is 136 cm³/mol. The molecular formula is C28H55NO2. The fraction of sp³-hybridized carbons (Fsp3) is 0.821. The van der Waals surface area contributed by atoms with Gasteiger partial charge >= 0.3 is 0 Å². The van der Waals surface area contributed by atoms with Crippen molar-refractivity contribution in [2.45, 2.75) is 124 Å². The van der Waals surface area contributed by atoms with E-state index in [2.05, 4.69) is 27.9 Å². The highest BCUT2D eigenvalue weighted by Crippen LogP contribution is 2.13. The van der Waals surface area contributed by atoms with E-state index in [1.165, 1.54) is 126 Å². The molecule has 0 aromatic carbocycles. The highest BCUT2D eigenvalue weighted by molar-refractivity contribution is 5.77. The monoisotopic (exact) mass is 437 g/mol. The van der Waals surface area contributed by atoms with E-state index >= 15 is 0 Å². The number of carbonyl (C=O) groups excluding carboxylic acids is 1. The Balaban J connectivity index is 0. The van der Waals surface area contributed by atoms with Crippen molar-refractivity contribution < 1.29 is 14.4 Å². The maximum absolute atomic E-state index is 9.64. The second kappa shape index (κ2) is 25.2. The van der Waals surface area contributed by atoms with Gasteiger partial charge < -0.3 is 14.4 Å². The van der Waals surface area contributed by atoms with Gasteiger partial charge in [0.1, 0.15) is 0 Å². The third kappa shape index (κ3) is 31.2. The van der Waals surface area contributed by atoms with E-state index in [0.29, 0.717) is 0 Å². The molecule has 0 aromatic heterocycles. The number of rotatable bonds is 20. The first-order valence-corrected chi connectivity index (χ1v) is 13.2. The summed E-state index contributed by atoms with van der Waals surface area (Å²) < 4.78 is 1.24. The average Bonchev–Trinajstić information content (AvgIpc) is 2.72. The lowest BCUT2D eigenvalue weighted by Crippen LogP contribution is -2.41. The van der Waals surface area contributed by atoms with E-state index in [-0.39, 0.29) is 0 Å². The summed E-state index contributed by atoms with van der Waals surface area (Å²) in [5.41, 5.74) is 0. The molecule has 0 spiro atoms. The van der Waals surface area contributed by atoms with Crippen LogP contribution in [0.2, 0.25) is 0 Å². The van der Waals surface area contributed by atoms with Crippen LogP contribution in [0, 0.1) is 0 Å². The van der Waals surface area contributed by atoms with Crippen LogP contribution in [-0.2, 0) is 4.79 Å². The van der Waals surface area contributed by atoms with Crippen molar-refractivity contribution in [3.8, 4) is 0 Å². The summed E-state index contributed by atoms with van der Waals surface area (Å²) in [6.07, 6.45) is 28.8. The van der Waals surface area contributed by atoms with E-state index in [9.17, 15) is 9.90 Å². The Kier molecular flexibility index (Phi) is 26.1. The van der Waals surface area contributed by atoms with Crippen LogP contribution < -0.4 is 5.11 Å². The summed E-state index contributed by atoms with van der Waals surface area (Å²) in [6.45, 7) is 9.16. The fourth-order valence-electron chi connectivity index (χ4n) is 3.70. The number of aliphatic carboxylic acids is 1. The van der Waals surface area contributed by atoms with Crippen LogP contribution in [0.15, 0.2) is 24.3 Å². The van der Waals surface area contributed by atoms with Gasteiger partial charge in [-0.2, -0.15) is 0 Å². The highest BCUT2D eigenvalue weighted by atomic mass is 16.4. The largest absolute Gasteiger partial charge is 0.545 e. The van der Waals surface area contributed by atoms with Crippen molar-refractivity contribution >= 4 is 5.97 Å². The lowest BCUT2D eigenvalue weighted by molar-refractivity contribution is -0.890. The second-order valence-electron chi connectivity index (χ2n) is 9.54. The van der Waals surface area contributed by atoms with Gasteiger partial charge in [0, 0.05) is 0 Å². The average molecular weight is 438 g/mol. The standard InChI is InChI=1S/C22H48N.C6H8O2/c1-5-7-9-11-13-15-17-19-21-23(3,4)22-20-18-16-14-12-10-8-6-2;1-2-3-4-5-6(7)8/h5-22H2,1-4H3;2-5H,1H3,(H,7,8)/q+1;/p-1/b;3-2+,5-4+. The first-order chi connectivity index (χ1) is 14.9. The van der Waals surface area contributed by atoms with Gasteiger partial charge in [0.2, 0.25) is 0 Å². The molecule has 3 heteroatoms. The smallest absolute Gasteiger partial charge is 0.0782 e. The van der Waals surface area contributed by atoms with Crippen molar-refractivity contribution in [1.29, 1.82) is 0 Å². The Bertz CT molecular complexity index is 405. The normalized spacial score (nSPS) is 11.8. The van der Waals surface area contributed by atoms with Crippen molar-refractivity contribution in [3.05, 3.63) is 24.3 Å². The molecule has 0 atom stereocenters. The maximum atomic E-state index is 9.64. The molecule has 0 bridgehead atoms. The molecule has 0 heterocycles. The number of hydrogen-bond acceptors (Lipinski definition) is 2. The number of carboxylic acids is 1. The summed E-state index contributed by atoms with van der Waals surface area (Å²) in [5.74, 6) is -1.16. The molecule has 0 N–H and O–H groups in total. The van der Waals surface area contributed by atoms with Gasteiger partial charge in [0.25, 0.3) is 0 Å². The second-order valence-corrected chi connectivity index (χ2v) is 9.54. The van der Waals surface area contributed by atoms with Crippen LogP contribution in [0.1, 0.15) is 124 Å². The summed E-state index contributed by atoms with van der Waals surface area (Å²) in [6, 6.07) is 0. The van der Waals surface area contributed by atoms with Gasteiger partial charge in [0.05, 0.1) is 33.2 Å². The number of carboxylic acid groups (broad SMARTS) is 1. The minimum absolute atomic E-state index is 0.972. The zero-order valence-corrected chi connectivity index (χ0v) is 21.8. The number of hydrogen-bond donors (Lipinski definition) is 0. The molecule has 0 amide bonds. The van der Waals surface area contributed by atoms with E-state index in [0.717, 1.165) is 6.08 Å². The number of quaternary nitrogens is 1. The molecular weight excluding hydrogens is 382 g/mol. The molecule has 31 heavy (non-hydrogen) atoms. The molecule has 0 aromatic rings. The molecule has 0 aliphatic rings. The molecule has 0 radical (unpaired) electrons. The Labute approximate surface area is 195 Å². The summed E-state index contributed by atoms with van der Waals surface area (Å²) in [7, 11) is 4.87. The molecule has 0 fully saturated rings. The van der Waals surface area contributed by atoms with Gasteiger partial charge in [-0.1, -0.05) is 109 Å². The third-order valence-electron chi connectivity index (χ3n) is 5.77. The highest BCUT2D eigenvalue weighted by Gasteiger charge is 2.13. The van der Waals surface area contributed by atoms with E-state index in [1.807, 2.05) is 0 Å². The zero-order chi connectivity index (χ0) is 23.6. The topological polar surface area (TPSA) is 40.1 Å². The minimum Gasteiger partial charge on any atom is -0.545 e. The minimum atomic E-state index is -1.16. The van der Waals surface area contributed by atoms with Crippen molar-refractivity contribution in [2.24, 2.45) is 0 Å². The van der Waals surface area contributed by atoms with Gasteiger partial charge in [-0.05, 0) is 38.7 Å². The molecule has 0 aliphatic heterocycles. The lowest BCUT2D eigenvalue weighted by atomic mass is 10.1. The Morgan fingerprint density at radius 3 is 1.32 bits per heavy atom. The van der Waals surface area contributed by atoms with Crippen molar-refractivity contribution in [1.82, 2.24) is 0 Å². The Hall–Kier alpha value is -1.09. The number of nitrogens with zero attached hydrogens (tertiary/aromatic N) is 1. The molecule has 3 nitrogen and oxygen atoms in total. The molecule has 0 saturated heterocycles. The van der Waals surface area contributed by atoms with E-state index in [1.54, 1.807) is 19.1 Å². The van der Waals surface area contributed by atoms with Crippen molar-refractivity contribution in [2.75, 3.05) is 27.2 Å². The SMILES string of the molecule is C/C=C/C=C/C(=O)[O-].CCCCCCCCCC[N+](C)(C)CCCCCCCCCC. The summed E-state index contributed by atoms with van der Waals surface area (Å²) >= 11 is 0. The van der Waals surface area contributed by atoms with Crippen molar-refractivity contribution in [3.63, 3.8) is 0 Å². The first-order valence-electron chi connectivity index (χ1n) is 13.2. The lowest BCUT2D eigenvalue weighted by Gasteiger charge is -2.30. The van der Waals surface area contributed by atoms with Gasteiger partial charge in [-0.15, -0.1) is 0 Å². The molecule has 0 aliphatic carbocycles. The van der Waals surface area contributed by atoms with Gasteiger partial charge in [-0.25, -0.2) is 0 Å². The van der Waals surface area contributed by atoms with E-state index < -0.39 is 5.97 Å². The van der Waals surface area contributed by atoms with Crippen LogP contribution in [0.3, 0.4) is 0 Å². The van der Waals surface area contributed by atoms with Gasteiger partial charge in [-0.3, -0.25) is 0 Å². The Morgan fingerprint density at radius 2 is 1.00 bits per heavy atom. The molecule has 0 rings (SSSR count). The van der Waals surface area contributed by atoms with Crippen LogP contribution in [0.5, 0.6) is 0 Å². The van der Waals surface area contributed by atoms with E-state index in [4.69, 9.17) is 0 Å². The third-order valence-corrected chi connectivity index (χ3v) is 5.77. The first kappa shape index (κ1) is 32.1. The maximum Gasteiger partial charge on any atom is 0.0782 e. The Morgan fingerprint density at radius 1 is 0.645 bits per heavy atom. The van der Waals surface area contributed by atoms with Crippen LogP contribution in [-0.4, -0.2) is 37.6 Å². The summed E-state index contributed by atoms with van der Waals surface area (Å²) in [5, 5.41) is 9.64. The molecule has 0 saturated carbocycles. The number of unbranched alkanes of at least 4 members (excludes halogenated alkanes) is 14. The zero-order valence-electron chi connectivity index (χ0n) is 21.8. The molecule has 0 unspecified atom stereocenters. The van der Waals surface area contributed by atoms with Gasteiger partial charge in [0.15, 0.2) is 0 Å². The molecule has 184 valence electrons. The fourth-order valence-corrected chi connectivity index (χ4v) is 3.70. The quantitative estimate of drug-likeness (QED) is 0.0873. The number of carbonyl (C=O) groups is 1. The predicted octanol–water partition coefficient (Wildman–Crippen LogP) is 7.21. The van der Waals surface area contributed by atoms with Crippen LogP contribution in [0.25, 0.3) is 0 Å².